The molecule has 0 amide bonds. The fourth-order valence-electron chi connectivity index (χ4n) is 2.56. The molecular formula is C22H23FN2O2. The van der Waals surface area contributed by atoms with Crippen molar-refractivity contribution in [1.82, 2.24) is 10.3 Å². The van der Waals surface area contributed by atoms with Crippen molar-refractivity contribution in [2.75, 3.05) is 13.2 Å². The van der Waals surface area contributed by atoms with E-state index in [-0.39, 0.29) is 5.82 Å². The summed E-state index contributed by atoms with van der Waals surface area (Å²) in [5, 5.41) is 3.40. The molecule has 0 unspecified atom stereocenters. The van der Waals surface area contributed by atoms with Gasteiger partial charge in [-0.15, -0.1) is 0 Å². The highest BCUT2D eigenvalue weighted by Crippen LogP contribution is 2.19. The molecule has 2 aromatic carbocycles. The van der Waals surface area contributed by atoms with Gasteiger partial charge in [-0.2, -0.15) is 0 Å². The zero-order valence-electron chi connectivity index (χ0n) is 15.1. The molecule has 0 aliphatic heterocycles. The second-order valence-electron chi connectivity index (χ2n) is 6.07. The fraction of sp³-hybridized carbons (Fsp3) is 0.227. The Morgan fingerprint density at radius 3 is 2.52 bits per heavy atom. The predicted molar refractivity (Wildman–Crippen MR) is 103 cm³/mol. The van der Waals surface area contributed by atoms with Crippen LogP contribution < -0.4 is 14.8 Å². The van der Waals surface area contributed by atoms with Gasteiger partial charge in [0.2, 0.25) is 5.88 Å². The lowest BCUT2D eigenvalue weighted by Crippen LogP contribution is -2.17. The molecule has 4 nitrogen and oxygen atoms in total. The van der Waals surface area contributed by atoms with Gasteiger partial charge in [0.15, 0.2) is 0 Å². The maximum absolute atomic E-state index is 13.0. The largest absolute Gasteiger partial charge is 0.489 e. The van der Waals surface area contributed by atoms with Crippen LogP contribution in [0.5, 0.6) is 11.6 Å². The molecule has 0 atom stereocenters. The maximum atomic E-state index is 13.0. The highest BCUT2D eigenvalue weighted by molar-refractivity contribution is 5.33. The minimum absolute atomic E-state index is 0.240. The lowest BCUT2D eigenvalue weighted by atomic mass is 10.2. The third-order valence-electron chi connectivity index (χ3n) is 3.98. The van der Waals surface area contributed by atoms with E-state index in [9.17, 15) is 4.39 Å². The van der Waals surface area contributed by atoms with Crippen LogP contribution in [0.4, 0.5) is 4.39 Å². The van der Waals surface area contributed by atoms with Crippen LogP contribution in [0.3, 0.4) is 0 Å². The van der Waals surface area contributed by atoms with Crippen LogP contribution in [0, 0.1) is 5.82 Å². The molecule has 0 bridgehead atoms. The number of hydrogen-bond donors (Lipinski definition) is 1. The number of ether oxygens (including phenoxy) is 2. The molecule has 3 rings (SSSR count). The van der Waals surface area contributed by atoms with Gasteiger partial charge in [0.1, 0.15) is 18.2 Å². The SMILES string of the molecule is Fc1ccc(COc2ccccc2CNCCCOc2ccccn2)cc1. The zero-order valence-corrected chi connectivity index (χ0v) is 15.1. The van der Waals surface area contributed by atoms with Crippen molar-refractivity contribution >= 4 is 0 Å². The Labute approximate surface area is 159 Å². The number of nitrogens with zero attached hydrogens (tertiary/aromatic N) is 1. The highest BCUT2D eigenvalue weighted by Gasteiger charge is 2.04. The molecule has 3 aromatic rings. The van der Waals surface area contributed by atoms with Gasteiger partial charge < -0.3 is 14.8 Å². The molecule has 0 saturated carbocycles. The number of rotatable bonds is 10. The van der Waals surface area contributed by atoms with Gasteiger partial charge in [-0.1, -0.05) is 36.4 Å². The van der Waals surface area contributed by atoms with E-state index in [1.165, 1.54) is 12.1 Å². The van der Waals surface area contributed by atoms with Crippen LogP contribution in [0.15, 0.2) is 72.9 Å². The zero-order chi connectivity index (χ0) is 18.7. The summed E-state index contributed by atoms with van der Waals surface area (Å²) in [7, 11) is 0. The predicted octanol–water partition coefficient (Wildman–Crippen LogP) is 4.36. The van der Waals surface area contributed by atoms with E-state index in [0.29, 0.717) is 25.6 Å². The normalized spacial score (nSPS) is 10.6. The summed E-state index contributed by atoms with van der Waals surface area (Å²) in [6.45, 7) is 2.57. The first-order valence-corrected chi connectivity index (χ1v) is 9.01. The van der Waals surface area contributed by atoms with E-state index in [4.69, 9.17) is 9.47 Å². The van der Waals surface area contributed by atoms with E-state index in [1.54, 1.807) is 18.3 Å². The minimum Gasteiger partial charge on any atom is -0.489 e. The van der Waals surface area contributed by atoms with E-state index in [0.717, 1.165) is 29.8 Å². The molecule has 0 radical (unpaired) electrons. The quantitative estimate of drug-likeness (QED) is 0.542. The van der Waals surface area contributed by atoms with Gasteiger partial charge in [0.05, 0.1) is 6.61 Å². The van der Waals surface area contributed by atoms with Gasteiger partial charge in [-0.25, -0.2) is 9.37 Å². The third-order valence-corrected chi connectivity index (χ3v) is 3.98. The lowest BCUT2D eigenvalue weighted by Gasteiger charge is -2.12. The fourth-order valence-corrected chi connectivity index (χ4v) is 2.56. The first kappa shape index (κ1) is 18.9. The Bertz CT molecular complexity index is 810. The second-order valence-corrected chi connectivity index (χ2v) is 6.07. The summed E-state index contributed by atoms with van der Waals surface area (Å²) in [6, 6.07) is 19.9. The molecule has 0 spiro atoms. The van der Waals surface area contributed by atoms with Crippen LogP contribution in [0.2, 0.25) is 0 Å². The first-order valence-electron chi connectivity index (χ1n) is 9.01. The van der Waals surface area contributed by atoms with Crippen LogP contribution in [-0.4, -0.2) is 18.1 Å². The smallest absolute Gasteiger partial charge is 0.213 e. The average molecular weight is 366 g/mol. The molecule has 0 saturated heterocycles. The number of hydrogen-bond acceptors (Lipinski definition) is 4. The van der Waals surface area contributed by atoms with Gasteiger partial charge in [0.25, 0.3) is 0 Å². The number of pyridine rings is 1. The lowest BCUT2D eigenvalue weighted by molar-refractivity contribution is 0.294. The van der Waals surface area contributed by atoms with Crippen molar-refractivity contribution in [3.05, 3.63) is 89.9 Å². The van der Waals surface area contributed by atoms with Crippen LogP contribution >= 0.6 is 0 Å². The van der Waals surface area contributed by atoms with Gasteiger partial charge >= 0.3 is 0 Å². The maximum Gasteiger partial charge on any atom is 0.213 e. The molecule has 140 valence electrons. The number of aromatic nitrogens is 1. The van der Waals surface area contributed by atoms with E-state index >= 15 is 0 Å². The molecule has 0 fully saturated rings. The molecule has 1 N–H and O–H groups in total. The summed E-state index contributed by atoms with van der Waals surface area (Å²) in [4.78, 5) is 4.13. The Kier molecular flexibility index (Phi) is 7.18. The highest BCUT2D eigenvalue weighted by atomic mass is 19.1. The standard InChI is InChI=1S/C22H23FN2O2/c23-20-11-9-18(10-12-20)17-27-21-7-2-1-6-19(21)16-24-13-5-15-26-22-8-3-4-14-25-22/h1-4,6-12,14,24H,5,13,15-17H2. The molecule has 1 aromatic heterocycles. The molecule has 1 heterocycles. The molecule has 27 heavy (non-hydrogen) atoms. The van der Waals surface area contributed by atoms with Gasteiger partial charge in [-0.05, 0) is 42.8 Å². The van der Waals surface area contributed by atoms with Crippen molar-refractivity contribution in [1.29, 1.82) is 0 Å². The first-order chi connectivity index (χ1) is 13.3. The number of para-hydroxylation sites is 1. The Morgan fingerprint density at radius 2 is 1.70 bits per heavy atom. The van der Waals surface area contributed by atoms with Crippen molar-refractivity contribution in [2.45, 2.75) is 19.6 Å². The average Bonchev–Trinajstić information content (AvgIpc) is 2.72. The number of nitrogens with one attached hydrogen (secondary N) is 1. The summed E-state index contributed by atoms with van der Waals surface area (Å²) in [5.74, 6) is 1.24. The van der Waals surface area contributed by atoms with Crippen molar-refractivity contribution in [3.63, 3.8) is 0 Å². The summed E-state index contributed by atoms with van der Waals surface area (Å²) in [6.07, 6.45) is 2.60. The topological polar surface area (TPSA) is 43.4 Å². The number of benzene rings is 2. The third kappa shape index (κ3) is 6.38. The van der Waals surface area contributed by atoms with Gasteiger partial charge in [0, 0.05) is 24.4 Å². The van der Waals surface area contributed by atoms with Crippen molar-refractivity contribution in [2.24, 2.45) is 0 Å². The van der Waals surface area contributed by atoms with E-state index in [1.807, 2.05) is 42.5 Å². The van der Waals surface area contributed by atoms with Crippen LogP contribution in [0.25, 0.3) is 0 Å². The summed E-state index contributed by atoms with van der Waals surface area (Å²) in [5.41, 5.74) is 2.02. The monoisotopic (exact) mass is 366 g/mol. The Balaban J connectivity index is 1.40. The minimum atomic E-state index is -0.240. The van der Waals surface area contributed by atoms with Crippen molar-refractivity contribution < 1.29 is 13.9 Å². The van der Waals surface area contributed by atoms with E-state index in [2.05, 4.69) is 10.3 Å². The van der Waals surface area contributed by atoms with Gasteiger partial charge in [-0.3, -0.25) is 0 Å². The molecule has 5 heteroatoms. The van der Waals surface area contributed by atoms with E-state index < -0.39 is 0 Å². The number of halogens is 1. The van der Waals surface area contributed by atoms with Crippen LogP contribution in [-0.2, 0) is 13.2 Å². The Morgan fingerprint density at radius 1 is 0.889 bits per heavy atom. The molecule has 0 aliphatic rings. The second kappa shape index (κ2) is 10.3. The van der Waals surface area contributed by atoms with Crippen molar-refractivity contribution in [3.8, 4) is 11.6 Å². The summed E-state index contributed by atoms with van der Waals surface area (Å²) < 4.78 is 24.5. The van der Waals surface area contributed by atoms with Crippen LogP contribution in [0.1, 0.15) is 17.5 Å². The summed E-state index contributed by atoms with van der Waals surface area (Å²) >= 11 is 0. The Hall–Kier alpha value is -2.92. The molecular weight excluding hydrogens is 343 g/mol. The molecule has 0 aliphatic carbocycles.